The maximum atomic E-state index is 10.5. The lowest BCUT2D eigenvalue weighted by molar-refractivity contribution is -0.385. The molecule has 0 saturated carbocycles. The van der Waals surface area contributed by atoms with E-state index in [0.29, 0.717) is 5.56 Å². The summed E-state index contributed by atoms with van der Waals surface area (Å²) in [5.41, 5.74) is 5.35. The van der Waals surface area contributed by atoms with Crippen molar-refractivity contribution in [3.8, 4) is 0 Å². The summed E-state index contributed by atoms with van der Waals surface area (Å²) in [4.78, 5) is 18.7. The first-order chi connectivity index (χ1) is 6.61. The van der Waals surface area contributed by atoms with E-state index in [1.54, 1.807) is 18.2 Å². The summed E-state index contributed by atoms with van der Waals surface area (Å²) in [6, 6.07) is 6.14. The standard InChI is InChI=1S/C7H9N2O4P/c8-14(12)13-5-6-3-1-2-4-7(6)9(10)11/h1-4,12H,5,8H2. The van der Waals surface area contributed by atoms with Crippen molar-refractivity contribution in [1.82, 2.24) is 0 Å². The highest BCUT2D eigenvalue weighted by atomic mass is 31.2. The van der Waals surface area contributed by atoms with Crippen molar-refractivity contribution >= 4 is 14.2 Å². The van der Waals surface area contributed by atoms with E-state index in [-0.39, 0.29) is 12.3 Å². The number of nitrogens with zero attached hydrogens (tertiary/aromatic N) is 1. The van der Waals surface area contributed by atoms with Gasteiger partial charge in [0.1, 0.15) is 0 Å². The van der Waals surface area contributed by atoms with Crippen LogP contribution in [0.15, 0.2) is 24.3 Å². The SMILES string of the molecule is NP(O)OCc1ccccc1[N+](=O)[O-]. The Hall–Kier alpha value is -1.07. The van der Waals surface area contributed by atoms with Crippen molar-refractivity contribution in [3.05, 3.63) is 39.9 Å². The Morgan fingerprint density at radius 3 is 2.79 bits per heavy atom. The Bertz CT molecular complexity index is 331. The van der Waals surface area contributed by atoms with Crippen LogP contribution >= 0.6 is 8.53 Å². The molecule has 1 rings (SSSR count). The van der Waals surface area contributed by atoms with E-state index in [2.05, 4.69) is 0 Å². The second-order valence-electron chi connectivity index (χ2n) is 2.46. The molecule has 0 aromatic heterocycles. The minimum Gasteiger partial charge on any atom is -0.338 e. The summed E-state index contributed by atoms with van der Waals surface area (Å²) in [6.07, 6.45) is 0. The number of nitro benzene ring substituents is 1. The molecular formula is C7H9N2O4P. The quantitative estimate of drug-likeness (QED) is 0.448. The number of nitro groups is 1. The third-order valence-corrected chi connectivity index (χ3v) is 1.93. The van der Waals surface area contributed by atoms with Crippen molar-refractivity contribution in [2.24, 2.45) is 5.50 Å². The van der Waals surface area contributed by atoms with Crippen LogP contribution in [0.25, 0.3) is 0 Å². The van der Waals surface area contributed by atoms with Crippen molar-refractivity contribution < 1.29 is 14.3 Å². The van der Waals surface area contributed by atoms with E-state index in [9.17, 15) is 10.1 Å². The van der Waals surface area contributed by atoms with Crippen molar-refractivity contribution in [3.63, 3.8) is 0 Å². The molecule has 0 aliphatic rings. The number of rotatable bonds is 4. The Labute approximate surface area is 81.4 Å². The topological polar surface area (TPSA) is 98.6 Å². The number of para-hydroxylation sites is 1. The Balaban J connectivity index is 2.79. The second-order valence-corrected chi connectivity index (χ2v) is 3.33. The summed E-state index contributed by atoms with van der Waals surface area (Å²) >= 11 is 0. The average molecular weight is 216 g/mol. The first kappa shape index (κ1) is 11.0. The lowest BCUT2D eigenvalue weighted by atomic mass is 10.2. The summed E-state index contributed by atoms with van der Waals surface area (Å²) in [7, 11) is -1.98. The second kappa shape index (κ2) is 4.97. The molecule has 0 fully saturated rings. The lowest BCUT2D eigenvalue weighted by Gasteiger charge is -2.05. The lowest BCUT2D eigenvalue weighted by Crippen LogP contribution is -1.98. The van der Waals surface area contributed by atoms with Gasteiger partial charge in [-0.15, -0.1) is 0 Å². The van der Waals surface area contributed by atoms with Gasteiger partial charge in [-0.2, -0.15) is 0 Å². The molecule has 3 N–H and O–H groups in total. The van der Waals surface area contributed by atoms with Gasteiger partial charge in [0.15, 0.2) is 0 Å². The number of benzene rings is 1. The van der Waals surface area contributed by atoms with E-state index < -0.39 is 13.4 Å². The summed E-state index contributed by atoms with van der Waals surface area (Å²) in [5, 5.41) is 10.5. The van der Waals surface area contributed by atoms with Crippen LogP contribution in [-0.4, -0.2) is 9.82 Å². The van der Waals surface area contributed by atoms with Gasteiger partial charge >= 0.3 is 0 Å². The smallest absolute Gasteiger partial charge is 0.274 e. The predicted octanol–water partition coefficient (Wildman–Crippen LogP) is 1.29. The molecule has 0 aliphatic carbocycles. The molecule has 0 bridgehead atoms. The van der Waals surface area contributed by atoms with Crippen molar-refractivity contribution in [2.75, 3.05) is 0 Å². The molecular weight excluding hydrogens is 207 g/mol. The van der Waals surface area contributed by atoms with E-state index in [1.165, 1.54) is 6.07 Å². The zero-order valence-electron chi connectivity index (χ0n) is 7.16. The first-order valence-corrected chi connectivity index (χ1v) is 4.98. The molecule has 6 nitrogen and oxygen atoms in total. The molecule has 0 amide bonds. The van der Waals surface area contributed by atoms with Gasteiger partial charge in [-0.1, -0.05) is 12.1 Å². The molecule has 76 valence electrons. The molecule has 1 unspecified atom stereocenters. The van der Waals surface area contributed by atoms with E-state index in [1.807, 2.05) is 0 Å². The summed E-state index contributed by atoms with van der Waals surface area (Å²) in [5.74, 6) is 0. The predicted molar refractivity (Wildman–Crippen MR) is 51.2 cm³/mol. The van der Waals surface area contributed by atoms with E-state index in [4.69, 9.17) is 14.9 Å². The zero-order chi connectivity index (χ0) is 10.6. The van der Waals surface area contributed by atoms with Crippen LogP contribution in [0.2, 0.25) is 0 Å². The molecule has 1 aromatic carbocycles. The third kappa shape index (κ3) is 3.01. The fourth-order valence-corrected chi connectivity index (χ4v) is 1.22. The van der Waals surface area contributed by atoms with Crippen LogP contribution in [0, 0.1) is 10.1 Å². The molecule has 1 atom stereocenters. The van der Waals surface area contributed by atoms with Gasteiger partial charge in [-0.25, -0.2) is 0 Å². The molecule has 1 aromatic rings. The highest BCUT2D eigenvalue weighted by molar-refractivity contribution is 7.43. The Morgan fingerprint density at radius 2 is 2.21 bits per heavy atom. The molecule has 0 spiro atoms. The first-order valence-electron chi connectivity index (χ1n) is 3.70. The molecule has 0 saturated heterocycles. The van der Waals surface area contributed by atoms with Crippen molar-refractivity contribution in [2.45, 2.75) is 6.61 Å². The van der Waals surface area contributed by atoms with Gasteiger partial charge in [0.2, 0.25) is 8.53 Å². The highest BCUT2D eigenvalue weighted by Gasteiger charge is 2.12. The summed E-state index contributed by atoms with van der Waals surface area (Å²) < 4.78 is 4.71. The summed E-state index contributed by atoms with van der Waals surface area (Å²) in [6.45, 7) is -0.0597. The largest absolute Gasteiger partial charge is 0.338 e. The monoisotopic (exact) mass is 216 g/mol. The van der Waals surface area contributed by atoms with Crippen molar-refractivity contribution in [1.29, 1.82) is 0 Å². The van der Waals surface area contributed by atoms with Gasteiger partial charge in [0, 0.05) is 6.07 Å². The van der Waals surface area contributed by atoms with Crippen LogP contribution in [0.3, 0.4) is 0 Å². The normalized spacial score (nSPS) is 12.4. The minimum atomic E-state index is -1.98. The molecule has 0 aliphatic heterocycles. The van der Waals surface area contributed by atoms with Crippen LogP contribution in [-0.2, 0) is 11.1 Å². The molecule has 0 radical (unpaired) electrons. The van der Waals surface area contributed by atoms with E-state index in [0.717, 1.165) is 0 Å². The van der Waals surface area contributed by atoms with E-state index >= 15 is 0 Å². The average Bonchev–Trinajstić information content (AvgIpc) is 2.15. The van der Waals surface area contributed by atoms with Gasteiger partial charge in [-0.05, 0) is 6.07 Å². The fraction of sp³-hybridized carbons (Fsp3) is 0.143. The number of hydrogen-bond acceptors (Lipinski definition) is 5. The van der Waals surface area contributed by atoms with Gasteiger partial charge < -0.3 is 9.42 Å². The number of hydrogen-bond donors (Lipinski definition) is 2. The minimum absolute atomic E-state index is 0.0376. The maximum absolute atomic E-state index is 10.5. The van der Waals surface area contributed by atoms with Crippen LogP contribution in [0.1, 0.15) is 5.56 Å². The van der Waals surface area contributed by atoms with Crippen LogP contribution in [0.4, 0.5) is 5.69 Å². The van der Waals surface area contributed by atoms with Gasteiger partial charge in [0.25, 0.3) is 5.69 Å². The van der Waals surface area contributed by atoms with Crippen LogP contribution in [0.5, 0.6) is 0 Å². The third-order valence-electron chi connectivity index (χ3n) is 1.54. The Kier molecular flexibility index (Phi) is 3.91. The highest BCUT2D eigenvalue weighted by Crippen LogP contribution is 2.25. The van der Waals surface area contributed by atoms with Crippen LogP contribution < -0.4 is 5.50 Å². The number of nitrogens with two attached hydrogens (primary N) is 1. The van der Waals surface area contributed by atoms with Gasteiger partial charge in [-0.3, -0.25) is 15.6 Å². The zero-order valence-corrected chi connectivity index (χ0v) is 8.05. The Morgan fingerprint density at radius 1 is 1.57 bits per heavy atom. The molecule has 7 heteroatoms. The molecule has 0 heterocycles. The van der Waals surface area contributed by atoms with Gasteiger partial charge in [0.05, 0.1) is 17.1 Å². The maximum Gasteiger partial charge on any atom is 0.274 e. The molecule has 14 heavy (non-hydrogen) atoms. The fourth-order valence-electron chi connectivity index (χ4n) is 0.947.